The van der Waals surface area contributed by atoms with Crippen LogP contribution in [0.5, 0.6) is 0 Å². The summed E-state index contributed by atoms with van der Waals surface area (Å²) in [7, 11) is 0. The standard InChI is InChI=1S/C17H23N3O3/c1-17(8-3-2-4-9-17)19-15(21)18-13-6-5-7-14(12-13)20-10-11-23-16(20)22/h5-7,12H,2-4,8-11H2,1H3,(H2,18,19,21). The number of anilines is 2. The molecule has 2 N–H and O–H groups in total. The molecule has 1 heterocycles. The Balaban J connectivity index is 1.63. The van der Waals surface area contributed by atoms with Gasteiger partial charge in [0.1, 0.15) is 6.61 Å². The molecular formula is C17H23N3O3. The summed E-state index contributed by atoms with van der Waals surface area (Å²) < 4.78 is 4.94. The second-order valence-corrected chi connectivity index (χ2v) is 6.52. The lowest BCUT2D eigenvalue weighted by molar-refractivity contribution is 0.181. The van der Waals surface area contributed by atoms with Crippen LogP contribution in [0.2, 0.25) is 0 Å². The number of benzene rings is 1. The summed E-state index contributed by atoms with van der Waals surface area (Å²) in [5.74, 6) is 0. The number of nitrogens with zero attached hydrogens (tertiary/aromatic N) is 1. The van der Waals surface area contributed by atoms with Gasteiger partial charge in [0.2, 0.25) is 0 Å². The Morgan fingerprint density at radius 2 is 2.04 bits per heavy atom. The molecule has 1 saturated heterocycles. The second-order valence-electron chi connectivity index (χ2n) is 6.52. The predicted molar refractivity (Wildman–Crippen MR) is 88.8 cm³/mol. The Kier molecular flexibility index (Phi) is 4.41. The van der Waals surface area contributed by atoms with Crippen molar-refractivity contribution in [2.75, 3.05) is 23.4 Å². The van der Waals surface area contributed by atoms with Crippen molar-refractivity contribution in [3.05, 3.63) is 24.3 Å². The number of hydrogen-bond acceptors (Lipinski definition) is 3. The first-order valence-corrected chi connectivity index (χ1v) is 8.19. The molecule has 6 heteroatoms. The topological polar surface area (TPSA) is 70.7 Å². The van der Waals surface area contributed by atoms with Crippen LogP contribution in [0.4, 0.5) is 21.0 Å². The minimum atomic E-state index is -0.346. The number of ether oxygens (including phenoxy) is 1. The summed E-state index contributed by atoms with van der Waals surface area (Å²) in [5, 5.41) is 5.95. The van der Waals surface area contributed by atoms with E-state index in [4.69, 9.17) is 4.74 Å². The van der Waals surface area contributed by atoms with Crippen molar-refractivity contribution in [2.45, 2.75) is 44.6 Å². The Morgan fingerprint density at radius 3 is 2.74 bits per heavy atom. The van der Waals surface area contributed by atoms with Crippen LogP contribution in [0.25, 0.3) is 0 Å². The first-order valence-electron chi connectivity index (χ1n) is 8.19. The van der Waals surface area contributed by atoms with E-state index in [1.165, 1.54) is 6.42 Å². The molecule has 0 aromatic heterocycles. The fraction of sp³-hybridized carbons (Fsp3) is 0.529. The van der Waals surface area contributed by atoms with Crippen LogP contribution < -0.4 is 15.5 Å². The van der Waals surface area contributed by atoms with Crippen molar-refractivity contribution in [1.29, 1.82) is 0 Å². The molecule has 0 radical (unpaired) electrons. The van der Waals surface area contributed by atoms with Gasteiger partial charge in [0.05, 0.1) is 6.54 Å². The van der Waals surface area contributed by atoms with Crippen molar-refractivity contribution < 1.29 is 14.3 Å². The smallest absolute Gasteiger partial charge is 0.414 e. The van der Waals surface area contributed by atoms with Crippen molar-refractivity contribution >= 4 is 23.5 Å². The van der Waals surface area contributed by atoms with E-state index < -0.39 is 0 Å². The van der Waals surface area contributed by atoms with E-state index >= 15 is 0 Å². The number of amides is 3. The number of cyclic esters (lactones) is 1. The number of rotatable bonds is 3. The van der Waals surface area contributed by atoms with Gasteiger partial charge in [-0.25, -0.2) is 9.59 Å². The molecule has 1 aromatic rings. The van der Waals surface area contributed by atoms with E-state index in [2.05, 4.69) is 17.6 Å². The summed E-state index contributed by atoms with van der Waals surface area (Å²) in [6, 6.07) is 7.05. The number of hydrogen-bond donors (Lipinski definition) is 2. The molecule has 2 aliphatic rings. The highest BCUT2D eigenvalue weighted by Crippen LogP contribution is 2.28. The molecule has 23 heavy (non-hydrogen) atoms. The van der Waals surface area contributed by atoms with Gasteiger partial charge >= 0.3 is 12.1 Å². The molecule has 1 aromatic carbocycles. The fourth-order valence-corrected chi connectivity index (χ4v) is 3.27. The van der Waals surface area contributed by atoms with Crippen LogP contribution >= 0.6 is 0 Å². The third-order valence-electron chi connectivity index (χ3n) is 4.55. The molecule has 2 fully saturated rings. The largest absolute Gasteiger partial charge is 0.447 e. The molecule has 1 aliphatic carbocycles. The zero-order valence-electron chi connectivity index (χ0n) is 13.4. The maximum absolute atomic E-state index is 12.3. The van der Waals surface area contributed by atoms with Gasteiger partial charge in [-0.3, -0.25) is 4.90 Å². The number of urea groups is 1. The fourth-order valence-electron chi connectivity index (χ4n) is 3.27. The highest BCUT2D eigenvalue weighted by Gasteiger charge is 2.28. The molecule has 0 bridgehead atoms. The number of nitrogens with one attached hydrogen (secondary N) is 2. The van der Waals surface area contributed by atoms with E-state index in [9.17, 15) is 9.59 Å². The van der Waals surface area contributed by atoms with Gasteiger partial charge in [-0.05, 0) is 38.0 Å². The first kappa shape index (κ1) is 15.6. The van der Waals surface area contributed by atoms with E-state index in [-0.39, 0.29) is 17.7 Å². The number of carbonyl (C=O) groups is 2. The van der Waals surface area contributed by atoms with Gasteiger partial charge in [-0.2, -0.15) is 0 Å². The minimum Gasteiger partial charge on any atom is -0.447 e. The maximum Gasteiger partial charge on any atom is 0.414 e. The molecule has 124 valence electrons. The zero-order valence-corrected chi connectivity index (χ0v) is 13.4. The average molecular weight is 317 g/mol. The maximum atomic E-state index is 12.3. The SMILES string of the molecule is CC1(NC(=O)Nc2cccc(N3CCOC3=O)c2)CCCCC1. The normalized spacial score (nSPS) is 20.0. The Labute approximate surface area is 136 Å². The van der Waals surface area contributed by atoms with Crippen LogP contribution in [-0.2, 0) is 4.74 Å². The van der Waals surface area contributed by atoms with Crippen molar-refractivity contribution in [3.63, 3.8) is 0 Å². The third kappa shape index (κ3) is 3.75. The molecule has 6 nitrogen and oxygen atoms in total. The molecular weight excluding hydrogens is 294 g/mol. The average Bonchev–Trinajstić information content (AvgIpc) is 2.93. The van der Waals surface area contributed by atoms with Crippen LogP contribution in [0.1, 0.15) is 39.0 Å². The van der Waals surface area contributed by atoms with Crippen molar-refractivity contribution in [2.24, 2.45) is 0 Å². The number of carbonyl (C=O) groups excluding carboxylic acids is 2. The van der Waals surface area contributed by atoms with Gasteiger partial charge in [0.15, 0.2) is 0 Å². The van der Waals surface area contributed by atoms with Crippen LogP contribution in [0.15, 0.2) is 24.3 Å². The van der Waals surface area contributed by atoms with Gasteiger partial charge in [-0.1, -0.05) is 25.3 Å². The van der Waals surface area contributed by atoms with Crippen LogP contribution in [-0.4, -0.2) is 30.8 Å². The highest BCUT2D eigenvalue weighted by molar-refractivity contribution is 5.93. The lowest BCUT2D eigenvalue weighted by Gasteiger charge is -2.34. The van der Waals surface area contributed by atoms with Gasteiger partial charge in [0, 0.05) is 16.9 Å². The van der Waals surface area contributed by atoms with Gasteiger partial charge in [-0.15, -0.1) is 0 Å². The van der Waals surface area contributed by atoms with E-state index in [1.54, 1.807) is 11.0 Å². The highest BCUT2D eigenvalue weighted by atomic mass is 16.6. The van der Waals surface area contributed by atoms with Gasteiger partial charge in [0.25, 0.3) is 0 Å². The molecule has 0 atom stereocenters. The zero-order chi connectivity index (χ0) is 16.3. The second kappa shape index (κ2) is 6.48. The third-order valence-corrected chi connectivity index (χ3v) is 4.55. The molecule has 3 rings (SSSR count). The summed E-state index contributed by atoms with van der Waals surface area (Å²) >= 11 is 0. The lowest BCUT2D eigenvalue weighted by Crippen LogP contribution is -2.48. The molecule has 0 spiro atoms. The molecule has 1 saturated carbocycles. The molecule has 1 aliphatic heterocycles. The molecule has 0 unspecified atom stereocenters. The summed E-state index contributed by atoms with van der Waals surface area (Å²) in [6.07, 6.45) is 5.24. The Morgan fingerprint density at radius 1 is 1.26 bits per heavy atom. The summed E-state index contributed by atoms with van der Waals surface area (Å²) in [5.41, 5.74) is 1.27. The first-order chi connectivity index (χ1) is 11.1. The van der Waals surface area contributed by atoms with E-state index in [1.807, 2.05) is 18.2 Å². The molecule has 3 amide bonds. The van der Waals surface area contributed by atoms with E-state index in [0.29, 0.717) is 18.8 Å². The van der Waals surface area contributed by atoms with Crippen LogP contribution in [0.3, 0.4) is 0 Å². The van der Waals surface area contributed by atoms with Crippen LogP contribution in [0, 0.1) is 0 Å². The summed E-state index contributed by atoms with van der Waals surface area (Å²) in [4.78, 5) is 25.4. The monoisotopic (exact) mass is 317 g/mol. The summed E-state index contributed by atoms with van der Waals surface area (Å²) in [6.45, 7) is 3.03. The van der Waals surface area contributed by atoms with E-state index in [0.717, 1.165) is 31.4 Å². The van der Waals surface area contributed by atoms with Crippen molar-refractivity contribution in [1.82, 2.24) is 5.32 Å². The Hall–Kier alpha value is -2.24. The predicted octanol–water partition coefficient (Wildman–Crippen LogP) is 3.49. The lowest BCUT2D eigenvalue weighted by atomic mass is 9.83. The van der Waals surface area contributed by atoms with Crippen molar-refractivity contribution in [3.8, 4) is 0 Å². The Bertz CT molecular complexity index is 597. The van der Waals surface area contributed by atoms with Gasteiger partial charge < -0.3 is 15.4 Å². The quantitative estimate of drug-likeness (QED) is 0.896. The minimum absolute atomic E-state index is 0.126.